The van der Waals surface area contributed by atoms with Crippen LogP contribution in [-0.2, 0) is 6.61 Å². The molecule has 0 atom stereocenters. The molecular formula is C24H20BrCl2N7O. The largest absolute Gasteiger partial charge is 0.488 e. The molecule has 0 radical (unpaired) electrons. The van der Waals surface area contributed by atoms with Crippen LogP contribution >= 0.6 is 39.1 Å². The number of benzene rings is 3. The van der Waals surface area contributed by atoms with Gasteiger partial charge in [-0.3, -0.25) is 0 Å². The third-order valence-electron chi connectivity index (χ3n) is 4.63. The minimum atomic E-state index is 0.268. The van der Waals surface area contributed by atoms with Crippen LogP contribution < -0.4 is 20.8 Å². The van der Waals surface area contributed by atoms with Gasteiger partial charge in [-0.15, -0.1) is 0 Å². The Morgan fingerprint density at radius 1 is 0.943 bits per heavy atom. The third-order valence-corrected chi connectivity index (χ3v) is 5.71. The summed E-state index contributed by atoms with van der Waals surface area (Å²) < 4.78 is 6.87. The lowest BCUT2D eigenvalue weighted by Gasteiger charge is -2.11. The predicted octanol–water partition coefficient (Wildman–Crippen LogP) is 6.75. The van der Waals surface area contributed by atoms with Crippen molar-refractivity contribution in [1.82, 2.24) is 15.0 Å². The summed E-state index contributed by atoms with van der Waals surface area (Å²) in [6.07, 6.45) is 1.62. The highest BCUT2D eigenvalue weighted by atomic mass is 79.9. The molecule has 0 spiro atoms. The van der Waals surface area contributed by atoms with Gasteiger partial charge in [0.05, 0.1) is 6.21 Å². The second kappa shape index (κ2) is 11.8. The first-order chi connectivity index (χ1) is 17.0. The molecule has 4 aromatic rings. The van der Waals surface area contributed by atoms with Crippen molar-refractivity contribution in [3.8, 4) is 5.75 Å². The molecule has 0 aliphatic carbocycles. The van der Waals surface area contributed by atoms with Gasteiger partial charge in [0.1, 0.15) is 12.4 Å². The van der Waals surface area contributed by atoms with E-state index >= 15 is 0 Å². The molecule has 178 valence electrons. The Kier molecular flexibility index (Phi) is 8.36. The SMILES string of the molecule is CNc1nc(NN=Cc2cc(Br)ccc2OCc2ccc(Cl)cc2Cl)nc(Nc2ccccc2)n1. The Morgan fingerprint density at radius 2 is 1.71 bits per heavy atom. The zero-order valence-electron chi connectivity index (χ0n) is 18.5. The lowest BCUT2D eigenvalue weighted by molar-refractivity contribution is 0.306. The standard InChI is InChI=1S/C24H20BrCl2N7O/c1-28-22-31-23(30-19-5-3-2-4-6-19)33-24(32-22)34-29-13-16-11-17(25)8-10-21(16)35-14-15-7-9-18(26)12-20(15)27/h2-13H,14H2,1H3,(H3,28,30,31,32,33,34). The number of nitrogens with zero attached hydrogens (tertiary/aromatic N) is 4. The van der Waals surface area contributed by atoms with Crippen molar-refractivity contribution in [1.29, 1.82) is 0 Å². The molecule has 1 heterocycles. The van der Waals surface area contributed by atoms with Crippen molar-refractivity contribution in [3.63, 3.8) is 0 Å². The van der Waals surface area contributed by atoms with Crippen LogP contribution in [0.3, 0.4) is 0 Å². The van der Waals surface area contributed by atoms with Gasteiger partial charge in [-0.05, 0) is 42.5 Å². The predicted molar refractivity (Wildman–Crippen MR) is 145 cm³/mol. The van der Waals surface area contributed by atoms with Crippen LogP contribution in [0.4, 0.5) is 23.5 Å². The fourth-order valence-electron chi connectivity index (χ4n) is 2.95. The van der Waals surface area contributed by atoms with Crippen LogP contribution in [0.1, 0.15) is 11.1 Å². The molecule has 0 saturated heterocycles. The van der Waals surface area contributed by atoms with Gasteiger partial charge in [-0.1, -0.05) is 63.4 Å². The smallest absolute Gasteiger partial charge is 0.250 e. The highest BCUT2D eigenvalue weighted by Gasteiger charge is 2.08. The molecule has 0 aliphatic heterocycles. The molecule has 4 rings (SSSR count). The van der Waals surface area contributed by atoms with Gasteiger partial charge < -0.3 is 15.4 Å². The Bertz CT molecular complexity index is 1340. The Hall–Kier alpha value is -3.40. The molecule has 11 heteroatoms. The molecule has 3 aromatic carbocycles. The number of hydrazone groups is 1. The van der Waals surface area contributed by atoms with E-state index in [2.05, 4.69) is 52.0 Å². The Morgan fingerprint density at radius 3 is 2.49 bits per heavy atom. The second-order valence-electron chi connectivity index (χ2n) is 7.12. The van der Waals surface area contributed by atoms with Crippen molar-refractivity contribution in [3.05, 3.63) is 92.4 Å². The summed E-state index contributed by atoms with van der Waals surface area (Å²) in [6.45, 7) is 0.277. The van der Waals surface area contributed by atoms with Crippen LogP contribution in [0.15, 0.2) is 76.3 Å². The number of hydrogen-bond donors (Lipinski definition) is 3. The van der Waals surface area contributed by atoms with Gasteiger partial charge in [-0.2, -0.15) is 20.1 Å². The van der Waals surface area contributed by atoms with E-state index in [9.17, 15) is 0 Å². The van der Waals surface area contributed by atoms with E-state index in [0.29, 0.717) is 27.7 Å². The maximum Gasteiger partial charge on any atom is 0.250 e. The number of nitrogens with one attached hydrogen (secondary N) is 3. The fraction of sp³-hybridized carbons (Fsp3) is 0.0833. The minimum absolute atomic E-state index is 0.268. The van der Waals surface area contributed by atoms with Gasteiger partial charge in [0.25, 0.3) is 0 Å². The summed E-state index contributed by atoms with van der Waals surface area (Å²) in [7, 11) is 1.73. The van der Waals surface area contributed by atoms with Crippen LogP contribution in [0.2, 0.25) is 10.0 Å². The molecule has 0 unspecified atom stereocenters. The van der Waals surface area contributed by atoms with Crippen LogP contribution in [0.5, 0.6) is 5.75 Å². The summed E-state index contributed by atoms with van der Waals surface area (Å²) in [6, 6.07) is 20.5. The molecular weight excluding hydrogens is 553 g/mol. The number of rotatable bonds is 9. The molecule has 1 aromatic heterocycles. The van der Waals surface area contributed by atoms with Crippen molar-refractivity contribution < 1.29 is 4.74 Å². The number of hydrogen-bond acceptors (Lipinski definition) is 8. The van der Waals surface area contributed by atoms with Gasteiger partial charge in [-0.25, -0.2) is 5.43 Å². The van der Waals surface area contributed by atoms with E-state index in [0.717, 1.165) is 21.3 Å². The monoisotopic (exact) mass is 571 g/mol. The van der Waals surface area contributed by atoms with E-state index in [4.69, 9.17) is 27.9 Å². The quantitative estimate of drug-likeness (QED) is 0.151. The molecule has 0 bridgehead atoms. The summed E-state index contributed by atoms with van der Waals surface area (Å²) in [5.41, 5.74) is 5.26. The normalized spacial score (nSPS) is 10.9. The summed E-state index contributed by atoms with van der Waals surface area (Å²) in [5, 5.41) is 11.5. The van der Waals surface area contributed by atoms with Gasteiger partial charge in [0.15, 0.2) is 0 Å². The van der Waals surface area contributed by atoms with E-state index in [-0.39, 0.29) is 12.6 Å². The zero-order valence-corrected chi connectivity index (χ0v) is 21.6. The summed E-state index contributed by atoms with van der Waals surface area (Å²) in [5.74, 6) is 1.66. The van der Waals surface area contributed by atoms with Crippen LogP contribution in [-0.4, -0.2) is 28.2 Å². The molecule has 35 heavy (non-hydrogen) atoms. The molecule has 3 N–H and O–H groups in total. The highest BCUT2D eigenvalue weighted by Crippen LogP contribution is 2.26. The third kappa shape index (κ3) is 7.05. The number of aromatic nitrogens is 3. The second-order valence-corrected chi connectivity index (χ2v) is 8.88. The maximum absolute atomic E-state index is 6.26. The molecule has 0 fully saturated rings. The maximum atomic E-state index is 6.26. The highest BCUT2D eigenvalue weighted by molar-refractivity contribution is 9.10. The van der Waals surface area contributed by atoms with Crippen molar-refractivity contribution >= 4 is 68.9 Å². The first-order valence-electron chi connectivity index (χ1n) is 10.4. The number of halogens is 3. The Labute approximate surface area is 220 Å². The number of para-hydroxylation sites is 1. The van der Waals surface area contributed by atoms with Crippen LogP contribution in [0, 0.1) is 0 Å². The molecule has 0 saturated carbocycles. The average Bonchev–Trinajstić information content (AvgIpc) is 2.85. The summed E-state index contributed by atoms with van der Waals surface area (Å²) in [4.78, 5) is 13.0. The average molecular weight is 573 g/mol. The molecule has 8 nitrogen and oxygen atoms in total. The first kappa shape index (κ1) is 24.7. The van der Waals surface area contributed by atoms with E-state index < -0.39 is 0 Å². The zero-order chi connectivity index (χ0) is 24.6. The number of ether oxygens (including phenoxy) is 1. The minimum Gasteiger partial charge on any atom is -0.488 e. The van der Waals surface area contributed by atoms with Gasteiger partial charge in [0, 0.05) is 38.4 Å². The van der Waals surface area contributed by atoms with Crippen LogP contribution in [0.25, 0.3) is 0 Å². The van der Waals surface area contributed by atoms with Gasteiger partial charge >= 0.3 is 0 Å². The van der Waals surface area contributed by atoms with Gasteiger partial charge in [0.2, 0.25) is 17.8 Å². The topological polar surface area (TPSA) is 96.4 Å². The summed E-state index contributed by atoms with van der Waals surface area (Å²) >= 11 is 15.7. The van der Waals surface area contributed by atoms with E-state index in [1.165, 1.54) is 0 Å². The molecule has 0 amide bonds. The lowest BCUT2D eigenvalue weighted by Crippen LogP contribution is -2.07. The lowest BCUT2D eigenvalue weighted by atomic mass is 10.2. The molecule has 0 aliphatic rings. The van der Waals surface area contributed by atoms with Crippen molar-refractivity contribution in [2.45, 2.75) is 6.61 Å². The first-order valence-corrected chi connectivity index (χ1v) is 12.0. The number of anilines is 4. The fourth-order valence-corrected chi connectivity index (χ4v) is 3.79. The van der Waals surface area contributed by atoms with Crippen molar-refractivity contribution in [2.75, 3.05) is 23.1 Å². The van der Waals surface area contributed by atoms with Crippen molar-refractivity contribution in [2.24, 2.45) is 5.10 Å². The Balaban J connectivity index is 1.49. The van der Waals surface area contributed by atoms with E-state index in [1.54, 1.807) is 25.4 Å². The van der Waals surface area contributed by atoms with E-state index in [1.807, 2.05) is 54.6 Å².